The van der Waals surface area contributed by atoms with Crippen LogP contribution in [0.25, 0.3) is 10.8 Å². The molecule has 0 aliphatic carbocycles. The van der Waals surface area contributed by atoms with Crippen molar-refractivity contribution in [2.75, 3.05) is 0 Å². The minimum absolute atomic E-state index is 0.0771. The lowest BCUT2D eigenvalue weighted by molar-refractivity contribution is 0.147. The SMILES string of the molecule is C[C@H]1N[C@H](C)c2ccc3ccccc3c2O1. The average Bonchev–Trinajstić information content (AvgIpc) is 2.28. The molecule has 0 saturated heterocycles. The summed E-state index contributed by atoms with van der Waals surface area (Å²) in [4.78, 5) is 0. The van der Waals surface area contributed by atoms with Crippen LogP contribution in [-0.4, -0.2) is 6.23 Å². The third-order valence-electron chi connectivity index (χ3n) is 3.16. The molecule has 0 aromatic heterocycles. The quantitative estimate of drug-likeness (QED) is 0.725. The molecule has 82 valence electrons. The first kappa shape index (κ1) is 9.67. The van der Waals surface area contributed by atoms with E-state index in [0.29, 0.717) is 6.04 Å². The molecule has 0 radical (unpaired) electrons. The van der Waals surface area contributed by atoms with Gasteiger partial charge in [-0.25, -0.2) is 0 Å². The van der Waals surface area contributed by atoms with E-state index in [2.05, 4.69) is 48.6 Å². The summed E-state index contributed by atoms with van der Waals surface area (Å²) in [5.74, 6) is 1.04. The van der Waals surface area contributed by atoms with Gasteiger partial charge in [-0.15, -0.1) is 0 Å². The van der Waals surface area contributed by atoms with Crippen LogP contribution in [0.15, 0.2) is 36.4 Å². The molecule has 0 spiro atoms. The number of hydrogen-bond donors (Lipinski definition) is 1. The Labute approximate surface area is 95.2 Å². The number of ether oxygens (including phenoxy) is 1. The van der Waals surface area contributed by atoms with Crippen molar-refractivity contribution in [2.24, 2.45) is 0 Å². The van der Waals surface area contributed by atoms with Gasteiger partial charge in [0.05, 0.1) is 0 Å². The molecule has 1 heterocycles. The van der Waals surface area contributed by atoms with Crippen LogP contribution in [0.2, 0.25) is 0 Å². The molecule has 1 aliphatic rings. The van der Waals surface area contributed by atoms with Crippen molar-refractivity contribution in [3.8, 4) is 5.75 Å². The molecule has 0 amide bonds. The monoisotopic (exact) mass is 213 g/mol. The van der Waals surface area contributed by atoms with Gasteiger partial charge in [0, 0.05) is 17.0 Å². The number of hydrogen-bond acceptors (Lipinski definition) is 2. The zero-order chi connectivity index (χ0) is 11.1. The molecule has 2 aromatic rings. The summed E-state index contributed by atoms with van der Waals surface area (Å²) < 4.78 is 5.90. The minimum atomic E-state index is 0.0771. The minimum Gasteiger partial charge on any atom is -0.475 e. The van der Waals surface area contributed by atoms with Crippen molar-refractivity contribution in [1.82, 2.24) is 5.32 Å². The molecule has 0 saturated carbocycles. The Morgan fingerprint density at radius 3 is 2.75 bits per heavy atom. The first-order valence-electron chi connectivity index (χ1n) is 5.70. The van der Waals surface area contributed by atoms with Crippen LogP contribution >= 0.6 is 0 Å². The lowest BCUT2D eigenvalue weighted by Gasteiger charge is -2.30. The summed E-state index contributed by atoms with van der Waals surface area (Å²) in [6.45, 7) is 4.22. The predicted molar refractivity (Wildman–Crippen MR) is 65.6 cm³/mol. The van der Waals surface area contributed by atoms with Crippen LogP contribution in [-0.2, 0) is 0 Å². The maximum atomic E-state index is 5.90. The fourth-order valence-electron chi connectivity index (χ4n) is 2.39. The fraction of sp³-hybridized carbons (Fsp3) is 0.286. The van der Waals surface area contributed by atoms with Gasteiger partial charge in [0.15, 0.2) is 0 Å². The molecule has 0 unspecified atom stereocenters. The molecule has 16 heavy (non-hydrogen) atoms. The molecule has 2 aromatic carbocycles. The molecular formula is C14H15NO. The van der Waals surface area contributed by atoms with Crippen molar-refractivity contribution in [3.63, 3.8) is 0 Å². The lowest BCUT2D eigenvalue weighted by atomic mass is 9.99. The van der Waals surface area contributed by atoms with E-state index in [9.17, 15) is 0 Å². The summed E-state index contributed by atoms with van der Waals surface area (Å²) in [7, 11) is 0. The van der Waals surface area contributed by atoms with E-state index in [-0.39, 0.29) is 6.23 Å². The van der Waals surface area contributed by atoms with Gasteiger partial charge >= 0.3 is 0 Å². The van der Waals surface area contributed by atoms with Crippen LogP contribution in [0.3, 0.4) is 0 Å². The third-order valence-corrected chi connectivity index (χ3v) is 3.16. The van der Waals surface area contributed by atoms with Gasteiger partial charge in [-0.3, -0.25) is 5.32 Å². The standard InChI is InChI=1S/C14H15NO/c1-9-12-8-7-11-5-3-4-6-13(11)14(12)16-10(2)15-9/h3-10,15H,1-2H3/t9-,10+/m1/s1. The second-order valence-electron chi connectivity index (χ2n) is 4.35. The Morgan fingerprint density at radius 2 is 1.88 bits per heavy atom. The molecule has 2 atom stereocenters. The summed E-state index contributed by atoms with van der Waals surface area (Å²) in [5, 5.41) is 5.82. The van der Waals surface area contributed by atoms with E-state index in [1.165, 1.54) is 16.3 Å². The van der Waals surface area contributed by atoms with Crippen LogP contribution in [0.5, 0.6) is 5.75 Å². The van der Waals surface area contributed by atoms with Crippen molar-refractivity contribution >= 4 is 10.8 Å². The van der Waals surface area contributed by atoms with E-state index < -0.39 is 0 Å². The van der Waals surface area contributed by atoms with E-state index in [1.54, 1.807) is 0 Å². The Bertz CT molecular complexity index is 535. The van der Waals surface area contributed by atoms with Crippen LogP contribution in [0, 0.1) is 0 Å². The highest BCUT2D eigenvalue weighted by Gasteiger charge is 2.22. The molecule has 2 heteroatoms. The molecule has 2 nitrogen and oxygen atoms in total. The number of benzene rings is 2. The highest BCUT2D eigenvalue weighted by atomic mass is 16.5. The van der Waals surface area contributed by atoms with Gasteiger partial charge in [0.2, 0.25) is 0 Å². The maximum Gasteiger partial charge on any atom is 0.147 e. The Balaban J connectivity index is 2.29. The number of fused-ring (bicyclic) bond motifs is 3. The second kappa shape index (κ2) is 3.49. The Morgan fingerprint density at radius 1 is 1.06 bits per heavy atom. The molecular weight excluding hydrogens is 198 g/mol. The Kier molecular flexibility index (Phi) is 2.11. The number of nitrogens with one attached hydrogen (secondary N) is 1. The third kappa shape index (κ3) is 1.38. The molecule has 3 rings (SSSR count). The topological polar surface area (TPSA) is 21.3 Å². The second-order valence-corrected chi connectivity index (χ2v) is 4.35. The van der Waals surface area contributed by atoms with Crippen molar-refractivity contribution < 1.29 is 4.74 Å². The average molecular weight is 213 g/mol. The smallest absolute Gasteiger partial charge is 0.147 e. The van der Waals surface area contributed by atoms with Crippen molar-refractivity contribution in [3.05, 3.63) is 42.0 Å². The highest BCUT2D eigenvalue weighted by Crippen LogP contribution is 2.36. The molecule has 1 N–H and O–H groups in total. The van der Waals surface area contributed by atoms with Gasteiger partial charge < -0.3 is 4.74 Å². The largest absolute Gasteiger partial charge is 0.475 e. The van der Waals surface area contributed by atoms with Crippen molar-refractivity contribution in [1.29, 1.82) is 0 Å². The van der Waals surface area contributed by atoms with E-state index in [0.717, 1.165) is 5.75 Å². The number of rotatable bonds is 0. The van der Waals surface area contributed by atoms with Gasteiger partial charge in [-0.05, 0) is 19.2 Å². The summed E-state index contributed by atoms with van der Waals surface area (Å²) in [6.07, 6.45) is 0.0771. The van der Waals surface area contributed by atoms with Crippen LogP contribution in [0.1, 0.15) is 25.5 Å². The Hall–Kier alpha value is -1.54. The normalized spacial score (nSPS) is 23.9. The van der Waals surface area contributed by atoms with Gasteiger partial charge in [0.1, 0.15) is 12.0 Å². The zero-order valence-electron chi connectivity index (χ0n) is 9.53. The van der Waals surface area contributed by atoms with Crippen LogP contribution < -0.4 is 10.1 Å². The lowest BCUT2D eigenvalue weighted by Crippen LogP contribution is -2.38. The predicted octanol–water partition coefficient (Wildman–Crippen LogP) is 3.23. The van der Waals surface area contributed by atoms with E-state index in [4.69, 9.17) is 4.74 Å². The van der Waals surface area contributed by atoms with Gasteiger partial charge in [-0.1, -0.05) is 36.4 Å². The molecule has 1 aliphatic heterocycles. The summed E-state index contributed by atoms with van der Waals surface area (Å²) in [6, 6.07) is 13.0. The first-order chi connectivity index (χ1) is 7.75. The summed E-state index contributed by atoms with van der Waals surface area (Å²) >= 11 is 0. The summed E-state index contributed by atoms with van der Waals surface area (Å²) in [5.41, 5.74) is 1.25. The first-order valence-corrected chi connectivity index (χ1v) is 5.70. The molecule has 0 fully saturated rings. The zero-order valence-corrected chi connectivity index (χ0v) is 9.53. The maximum absolute atomic E-state index is 5.90. The fourth-order valence-corrected chi connectivity index (χ4v) is 2.39. The van der Waals surface area contributed by atoms with Gasteiger partial charge in [0.25, 0.3) is 0 Å². The van der Waals surface area contributed by atoms with E-state index in [1.807, 2.05) is 6.92 Å². The molecule has 0 bridgehead atoms. The van der Waals surface area contributed by atoms with E-state index >= 15 is 0 Å². The van der Waals surface area contributed by atoms with Gasteiger partial charge in [-0.2, -0.15) is 0 Å². The van der Waals surface area contributed by atoms with Crippen molar-refractivity contribution in [2.45, 2.75) is 26.1 Å². The highest BCUT2D eigenvalue weighted by molar-refractivity contribution is 5.89. The van der Waals surface area contributed by atoms with Crippen LogP contribution in [0.4, 0.5) is 0 Å².